The Morgan fingerprint density at radius 2 is 2.22 bits per heavy atom. The van der Waals surface area contributed by atoms with Crippen molar-refractivity contribution in [2.75, 3.05) is 0 Å². The average Bonchev–Trinajstić information content (AvgIpc) is 2.67. The summed E-state index contributed by atoms with van der Waals surface area (Å²) in [6.45, 7) is 5.06. The van der Waals surface area contributed by atoms with Gasteiger partial charge in [-0.05, 0) is 38.8 Å². The first kappa shape index (κ1) is 13.4. The van der Waals surface area contributed by atoms with E-state index < -0.39 is 0 Å². The molecular weight excluding hydrogens is 246 g/mol. The first-order valence-electron chi connectivity index (χ1n) is 6.52. The average molecular weight is 266 g/mol. The monoisotopic (exact) mass is 265 g/mol. The highest BCUT2D eigenvalue weighted by molar-refractivity contribution is 6.35. The number of halogens is 1. The number of para-hydroxylation sites is 1. The molecule has 0 radical (unpaired) electrons. The Labute approximate surface area is 113 Å². The summed E-state index contributed by atoms with van der Waals surface area (Å²) in [6.07, 6.45) is 3.06. The molecule has 0 bridgehead atoms. The van der Waals surface area contributed by atoms with Gasteiger partial charge < -0.3 is 10.3 Å². The third-order valence-electron chi connectivity index (χ3n) is 3.17. The largest absolute Gasteiger partial charge is 0.328 e. The molecule has 0 aliphatic heterocycles. The first-order chi connectivity index (χ1) is 8.63. The van der Waals surface area contributed by atoms with Gasteiger partial charge in [0.25, 0.3) is 0 Å². The van der Waals surface area contributed by atoms with Crippen LogP contribution in [0.5, 0.6) is 0 Å². The molecule has 18 heavy (non-hydrogen) atoms. The van der Waals surface area contributed by atoms with Crippen molar-refractivity contribution in [1.82, 2.24) is 9.55 Å². The quantitative estimate of drug-likeness (QED) is 0.901. The van der Waals surface area contributed by atoms with Crippen molar-refractivity contribution < 1.29 is 0 Å². The summed E-state index contributed by atoms with van der Waals surface area (Å²) in [6, 6.07) is 6.14. The molecule has 0 saturated carbocycles. The van der Waals surface area contributed by atoms with Gasteiger partial charge in [0.1, 0.15) is 5.82 Å². The molecular formula is C14H20ClN3. The third-order valence-corrected chi connectivity index (χ3v) is 3.48. The minimum atomic E-state index is 0.257. The molecule has 2 aromatic rings. The van der Waals surface area contributed by atoms with Gasteiger partial charge in [0.15, 0.2) is 0 Å². The van der Waals surface area contributed by atoms with Crippen LogP contribution in [0, 0.1) is 0 Å². The number of aromatic nitrogens is 2. The molecule has 1 heterocycles. The zero-order chi connectivity index (χ0) is 13.1. The van der Waals surface area contributed by atoms with Crippen LogP contribution in [0.25, 0.3) is 11.0 Å². The molecule has 0 fully saturated rings. The minimum Gasteiger partial charge on any atom is -0.328 e. The summed E-state index contributed by atoms with van der Waals surface area (Å²) < 4.78 is 2.21. The number of imidazole rings is 1. The molecule has 1 unspecified atom stereocenters. The molecule has 3 nitrogen and oxygen atoms in total. The van der Waals surface area contributed by atoms with Gasteiger partial charge in [-0.3, -0.25) is 0 Å². The van der Waals surface area contributed by atoms with E-state index in [0.29, 0.717) is 0 Å². The maximum absolute atomic E-state index is 6.26. The number of nitrogens with zero attached hydrogens (tertiary/aromatic N) is 2. The van der Waals surface area contributed by atoms with E-state index in [0.717, 1.165) is 47.7 Å². The van der Waals surface area contributed by atoms with Crippen molar-refractivity contribution in [3.8, 4) is 0 Å². The number of benzene rings is 1. The third kappa shape index (κ3) is 2.68. The Kier molecular flexibility index (Phi) is 4.25. The highest BCUT2D eigenvalue weighted by atomic mass is 35.5. The summed E-state index contributed by atoms with van der Waals surface area (Å²) in [4.78, 5) is 4.68. The standard InChI is InChI=1S/C14H20ClN3/c1-3-18-13(9-4-6-10(2)16)17-12-8-5-7-11(15)14(12)18/h5,7-8,10H,3-4,6,9,16H2,1-2H3. The molecule has 1 atom stereocenters. The number of hydrogen-bond acceptors (Lipinski definition) is 2. The van der Waals surface area contributed by atoms with Crippen LogP contribution >= 0.6 is 11.6 Å². The first-order valence-corrected chi connectivity index (χ1v) is 6.90. The van der Waals surface area contributed by atoms with Gasteiger partial charge in [0, 0.05) is 19.0 Å². The van der Waals surface area contributed by atoms with Gasteiger partial charge in [-0.15, -0.1) is 0 Å². The number of rotatable bonds is 5. The molecule has 0 aliphatic carbocycles. The second-order valence-corrected chi connectivity index (χ2v) is 5.16. The maximum Gasteiger partial charge on any atom is 0.109 e. The molecule has 0 spiro atoms. The van der Waals surface area contributed by atoms with E-state index in [1.54, 1.807) is 0 Å². The summed E-state index contributed by atoms with van der Waals surface area (Å²) in [5, 5.41) is 0.778. The molecule has 0 amide bonds. The zero-order valence-electron chi connectivity index (χ0n) is 11.0. The topological polar surface area (TPSA) is 43.8 Å². The van der Waals surface area contributed by atoms with E-state index in [1.165, 1.54) is 0 Å². The molecule has 4 heteroatoms. The van der Waals surface area contributed by atoms with Crippen LogP contribution in [0.3, 0.4) is 0 Å². The molecule has 1 aromatic heterocycles. The number of nitrogens with two attached hydrogens (primary N) is 1. The Balaban J connectivity index is 2.30. The highest BCUT2D eigenvalue weighted by Gasteiger charge is 2.11. The number of hydrogen-bond donors (Lipinski definition) is 1. The van der Waals surface area contributed by atoms with Crippen molar-refractivity contribution in [3.05, 3.63) is 29.0 Å². The van der Waals surface area contributed by atoms with Gasteiger partial charge >= 0.3 is 0 Å². The predicted molar refractivity (Wildman–Crippen MR) is 77.0 cm³/mol. The number of aryl methyl sites for hydroxylation is 2. The molecule has 2 rings (SSSR count). The van der Waals surface area contributed by atoms with Crippen molar-refractivity contribution in [1.29, 1.82) is 0 Å². The van der Waals surface area contributed by atoms with E-state index in [9.17, 15) is 0 Å². The minimum absolute atomic E-state index is 0.257. The van der Waals surface area contributed by atoms with Crippen molar-refractivity contribution >= 4 is 22.6 Å². The van der Waals surface area contributed by atoms with Crippen LogP contribution in [0.15, 0.2) is 18.2 Å². The molecule has 0 saturated heterocycles. The molecule has 98 valence electrons. The summed E-state index contributed by atoms with van der Waals surface area (Å²) in [7, 11) is 0. The van der Waals surface area contributed by atoms with E-state index in [4.69, 9.17) is 17.3 Å². The molecule has 2 N–H and O–H groups in total. The molecule has 1 aromatic carbocycles. The van der Waals surface area contributed by atoms with Crippen LogP contribution in [-0.2, 0) is 13.0 Å². The fourth-order valence-corrected chi connectivity index (χ4v) is 2.58. The Hall–Kier alpha value is -1.06. The van der Waals surface area contributed by atoms with Crippen LogP contribution < -0.4 is 5.73 Å². The lowest BCUT2D eigenvalue weighted by Crippen LogP contribution is -2.15. The summed E-state index contributed by atoms with van der Waals surface area (Å²) >= 11 is 6.26. The summed E-state index contributed by atoms with van der Waals surface area (Å²) in [5.41, 5.74) is 7.82. The van der Waals surface area contributed by atoms with E-state index >= 15 is 0 Å². The van der Waals surface area contributed by atoms with Crippen molar-refractivity contribution in [3.63, 3.8) is 0 Å². The maximum atomic E-state index is 6.26. The van der Waals surface area contributed by atoms with Crippen LogP contribution in [0.1, 0.15) is 32.5 Å². The van der Waals surface area contributed by atoms with E-state index in [-0.39, 0.29) is 6.04 Å². The lowest BCUT2D eigenvalue weighted by Gasteiger charge is -2.08. The Morgan fingerprint density at radius 1 is 1.44 bits per heavy atom. The van der Waals surface area contributed by atoms with Crippen molar-refractivity contribution in [2.24, 2.45) is 5.73 Å². The second-order valence-electron chi connectivity index (χ2n) is 4.75. The van der Waals surface area contributed by atoms with Crippen LogP contribution in [-0.4, -0.2) is 15.6 Å². The van der Waals surface area contributed by atoms with Crippen LogP contribution in [0.2, 0.25) is 5.02 Å². The van der Waals surface area contributed by atoms with Gasteiger partial charge in [0.2, 0.25) is 0 Å². The molecule has 0 aliphatic rings. The normalized spacial score (nSPS) is 13.1. The Morgan fingerprint density at radius 3 is 2.89 bits per heavy atom. The zero-order valence-corrected chi connectivity index (χ0v) is 11.7. The Bertz CT molecular complexity index is 531. The van der Waals surface area contributed by atoms with Gasteiger partial charge in [-0.1, -0.05) is 17.7 Å². The fourth-order valence-electron chi connectivity index (χ4n) is 2.30. The lowest BCUT2D eigenvalue weighted by atomic mass is 10.1. The van der Waals surface area contributed by atoms with E-state index in [2.05, 4.69) is 16.5 Å². The van der Waals surface area contributed by atoms with Crippen LogP contribution in [0.4, 0.5) is 0 Å². The lowest BCUT2D eigenvalue weighted by molar-refractivity contribution is 0.598. The fraction of sp³-hybridized carbons (Fsp3) is 0.500. The van der Waals surface area contributed by atoms with Gasteiger partial charge in [-0.2, -0.15) is 0 Å². The SMILES string of the molecule is CCn1c(CCCC(C)N)nc2cccc(Cl)c21. The number of fused-ring (bicyclic) bond motifs is 1. The second kappa shape index (κ2) is 5.72. The van der Waals surface area contributed by atoms with Crippen molar-refractivity contribution in [2.45, 2.75) is 45.7 Å². The summed E-state index contributed by atoms with van der Waals surface area (Å²) in [5.74, 6) is 1.11. The van der Waals surface area contributed by atoms with Gasteiger partial charge in [0.05, 0.1) is 16.1 Å². The van der Waals surface area contributed by atoms with E-state index in [1.807, 2.05) is 25.1 Å². The predicted octanol–water partition coefficient (Wildman–Crippen LogP) is 3.38. The van der Waals surface area contributed by atoms with Gasteiger partial charge in [-0.25, -0.2) is 4.98 Å². The highest BCUT2D eigenvalue weighted by Crippen LogP contribution is 2.25. The smallest absolute Gasteiger partial charge is 0.109 e.